The summed E-state index contributed by atoms with van der Waals surface area (Å²) in [7, 11) is 0. The van der Waals surface area contributed by atoms with Crippen molar-refractivity contribution in [3.05, 3.63) is 35.4 Å². The van der Waals surface area contributed by atoms with Gasteiger partial charge in [-0.2, -0.15) is 0 Å². The van der Waals surface area contributed by atoms with Gasteiger partial charge in [-0.1, -0.05) is 36.3 Å². The third-order valence-corrected chi connectivity index (χ3v) is 3.94. The molecular weight excluding hydrogens is 238 g/mol. The van der Waals surface area contributed by atoms with Crippen molar-refractivity contribution in [3.8, 4) is 0 Å². The molecular formula is C15H23N3O. The molecule has 1 aliphatic heterocycles. The Hall–Kier alpha value is -1.55. The summed E-state index contributed by atoms with van der Waals surface area (Å²) in [6, 6.07) is 9.00. The standard InChI is InChI=1S/C15H23N3O/c1-2-14(10-15(16)17-19)18-9-5-8-12-6-3-4-7-13(12)11-18/h3-4,6-7,14,19H,2,5,8-11H2,1H3,(H2,16,17). The predicted octanol–water partition coefficient (Wildman–Crippen LogP) is 2.35. The highest BCUT2D eigenvalue weighted by molar-refractivity contribution is 5.80. The van der Waals surface area contributed by atoms with E-state index >= 15 is 0 Å². The lowest BCUT2D eigenvalue weighted by Crippen LogP contribution is -2.37. The van der Waals surface area contributed by atoms with E-state index in [1.165, 1.54) is 17.5 Å². The van der Waals surface area contributed by atoms with Gasteiger partial charge in [-0.25, -0.2) is 0 Å². The largest absolute Gasteiger partial charge is 0.409 e. The maximum Gasteiger partial charge on any atom is 0.140 e. The minimum Gasteiger partial charge on any atom is -0.409 e. The Bertz CT molecular complexity index is 445. The molecule has 0 saturated carbocycles. The molecule has 1 aromatic rings. The van der Waals surface area contributed by atoms with Crippen LogP contribution in [0, 0.1) is 0 Å². The van der Waals surface area contributed by atoms with Crippen LogP contribution in [0.4, 0.5) is 0 Å². The number of nitrogens with zero attached hydrogens (tertiary/aromatic N) is 2. The third-order valence-electron chi connectivity index (χ3n) is 3.94. The molecule has 1 aliphatic rings. The fraction of sp³-hybridized carbons (Fsp3) is 0.533. The van der Waals surface area contributed by atoms with Gasteiger partial charge in [0.15, 0.2) is 0 Å². The van der Waals surface area contributed by atoms with E-state index in [4.69, 9.17) is 10.9 Å². The van der Waals surface area contributed by atoms with Crippen LogP contribution in [0.1, 0.15) is 37.3 Å². The van der Waals surface area contributed by atoms with Gasteiger partial charge in [0.2, 0.25) is 0 Å². The van der Waals surface area contributed by atoms with Gasteiger partial charge in [0, 0.05) is 19.0 Å². The zero-order valence-corrected chi connectivity index (χ0v) is 11.5. The van der Waals surface area contributed by atoms with E-state index in [1.54, 1.807) is 0 Å². The highest BCUT2D eigenvalue weighted by atomic mass is 16.4. The molecule has 2 rings (SSSR count). The molecule has 0 aromatic heterocycles. The Morgan fingerprint density at radius 1 is 1.42 bits per heavy atom. The van der Waals surface area contributed by atoms with E-state index in [0.717, 1.165) is 25.9 Å². The van der Waals surface area contributed by atoms with E-state index in [0.29, 0.717) is 18.3 Å². The molecule has 19 heavy (non-hydrogen) atoms. The fourth-order valence-electron chi connectivity index (χ4n) is 2.85. The van der Waals surface area contributed by atoms with Crippen molar-refractivity contribution >= 4 is 5.84 Å². The SMILES string of the molecule is CCC(C/C(N)=N/O)N1CCCc2ccccc2C1. The Balaban J connectivity index is 2.12. The Morgan fingerprint density at radius 2 is 2.16 bits per heavy atom. The number of oxime groups is 1. The number of aryl methyl sites for hydroxylation is 1. The number of nitrogens with two attached hydrogens (primary N) is 1. The summed E-state index contributed by atoms with van der Waals surface area (Å²) < 4.78 is 0. The molecule has 3 N–H and O–H groups in total. The predicted molar refractivity (Wildman–Crippen MR) is 77.3 cm³/mol. The zero-order valence-electron chi connectivity index (χ0n) is 11.5. The molecule has 0 saturated heterocycles. The van der Waals surface area contributed by atoms with E-state index in [2.05, 4.69) is 41.2 Å². The summed E-state index contributed by atoms with van der Waals surface area (Å²) in [6.07, 6.45) is 3.96. The quantitative estimate of drug-likeness (QED) is 0.378. The third kappa shape index (κ3) is 3.47. The normalized spacial score (nSPS) is 18.7. The second kappa shape index (κ2) is 6.57. The van der Waals surface area contributed by atoms with Gasteiger partial charge >= 0.3 is 0 Å². The number of amidine groups is 1. The number of rotatable bonds is 4. The van der Waals surface area contributed by atoms with Crippen LogP contribution in [0.25, 0.3) is 0 Å². The molecule has 104 valence electrons. The highest BCUT2D eigenvalue weighted by Gasteiger charge is 2.21. The Morgan fingerprint density at radius 3 is 2.84 bits per heavy atom. The van der Waals surface area contributed by atoms with Crippen molar-refractivity contribution in [1.82, 2.24) is 4.90 Å². The summed E-state index contributed by atoms with van der Waals surface area (Å²) in [5.41, 5.74) is 8.54. The summed E-state index contributed by atoms with van der Waals surface area (Å²) in [5.74, 6) is 0.324. The minimum atomic E-state index is 0.324. The lowest BCUT2D eigenvalue weighted by molar-refractivity contribution is 0.187. The fourth-order valence-corrected chi connectivity index (χ4v) is 2.85. The molecule has 0 radical (unpaired) electrons. The number of benzene rings is 1. The number of hydrogen-bond acceptors (Lipinski definition) is 3. The van der Waals surface area contributed by atoms with Crippen LogP contribution in [-0.4, -0.2) is 28.5 Å². The molecule has 1 atom stereocenters. The molecule has 0 bridgehead atoms. The van der Waals surface area contributed by atoms with Crippen LogP contribution in [-0.2, 0) is 13.0 Å². The molecule has 0 spiro atoms. The summed E-state index contributed by atoms with van der Waals surface area (Å²) in [5, 5.41) is 11.8. The molecule has 1 unspecified atom stereocenters. The van der Waals surface area contributed by atoms with Crippen LogP contribution in [0.3, 0.4) is 0 Å². The summed E-state index contributed by atoms with van der Waals surface area (Å²) in [4.78, 5) is 2.46. The van der Waals surface area contributed by atoms with E-state index in [9.17, 15) is 0 Å². The number of fused-ring (bicyclic) bond motifs is 1. The molecule has 1 aromatic carbocycles. The lowest BCUT2D eigenvalue weighted by Gasteiger charge is -2.29. The summed E-state index contributed by atoms with van der Waals surface area (Å²) in [6.45, 7) is 4.20. The van der Waals surface area contributed by atoms with Gasteiger partial charge in [-0.15, -0.1) is 0 Å². The van der Waals surface area contributed by atoms with E-state index in [1.807, 2.05) is 0 Å². The summed E-state index contributed by atoms with van der Waals surface area (Å²) >= 11 is 0. The first kappa shape index (κ1) is 13.9. The maximum atomic E-state index is 8.74. The van der Waals surface area contributed by atoms with E-state index in [-0.39, 0.29) is 0 Å². The molecule has 0 aliphatic carbocycles. The molecule has 0 fully saturated rings. The molecule has 0 amide bonds. The average molecular weight is 261 g/mol. The molecule has 1 heterocycles. The van der Waals surface area contributed by atoms with Crippen LogP contribution < -0.4 is 5.73 Å². The van der Waals surface area contributed by atoms with Gasteiger partial charge in [0.1, 0.15) is 5.84 Å². The Kier molecular flexibility index (Phi) is 4.80. The van der Waals surface area contributed by atoms with Crippen LogP contribution in [0.2, 0.25) is 0 Å². The van der Waals surface area contributed by atoms with E-state index < -0.39 is 0 Å². The maximum absolute atomic E-state index is 8.74. The van der Waals surface area contributed by atoms with Crippen molar-refractivity contribution in [2.24, 2.45) is 10.9 Å². The Labute approximate surface area is 114 Å². The monoisotopic (exact) mass is 261 g/mol. The zero-order chi connectivity index (χ0) is 13.7. The van der Waals surface area contributed by atoms with Crippen molar-refractivity contribution in [2.75, 3.05) is 6.54 Å². The van der Waals surface area contributed by atoms with Gasteiger partial charge in [0.25, 0.3) is 0 Å². The molecule has 4 heteroatoms. The topological polar surface area (TPSA) is 61.9 Å². The molecule has 4 nitrogen and oxygen atoms in total. The van der Waals surface area contributed by atoms with Crippen molar-refractivity contribution in [1.29, 1.82) is 0 Å². The first-order valence-corrected chi connectivity index (χ1v) is 7.01. The second-order valence-electron chi connectivity index (χ2n) is 5.20. The minimum absolute atomic E-state index is 0.324. The average Bonchev–Trinajstić information content (AvgIpc) is 2.66. The van der Waals surface area contributed by atoms with Crippen LogP contribution >= 0.6 is 0 Å². The van der Waals surface area contributed by atoms with Gasteiger partial charge in [0.05, 0.1) is 0 Å². The van der Waals surface area contributed by atoms with Gasteiger partial charge < -0.3 is 10.9 Å². The van der Waals surface area contributed by atoms with Crippen molar-refractivity contribution in [3.63, 3.8) is 0 Å². The van der Waals surface area contributed by atoms with Gasteiger partial charge in [-0.3, -0.25) is 4.90 Å². The first-order valence-electron chi connectivity index (χ1n) is 7.01. The van der Waals surface area contributed by atoms with Crippen molar-refractivity contribution in [2.45, 2.75) is 45.2 Å². The first-order chi connectivity index (χ1) is 9.24. The number of hydrogen-bond donors (Lipinski definition) is 2. The van der Waals surface area contributed by atoms with Crippen molar-refractivity contribution < 1.29 is 5.21 Å². The van der Waals surface area contributed by atoms with Crippen LogP contribution in [0.15, 0.2) is 29.4 Å². The second-order valence-corrected chi connectivity index (χ2v) is 5.20. The van der Waals surface area contributed by atoms with Crippen LogP contribution in [0.5, 0.6) is 0 Å². The van der Waals surface area contributed by atoms with Gasteiger partial charge in [-0.05, 0) is 36.9 Å². The smallest absolute Gasteiger partial charge is 0.140 e. The lowest BCUT2D eigenvalue weighted by atomic mass is 10.0. The highest BCUT2D eigenvalue weighted by Crippen LogP contribution is 2.22.